The van der Waals surface area contributed by atoms with E-state index in [0.29, 0.717) is 5.78 Å². The number of ketones is 1. The van der Waals surface area contributed by atoms with Gasteiger partial charge in [0.15, 0.2) is 5.78 Å². The highest BCUT2D eigenvalue weighted by Crippen LogP contribution is 2.31. The van der Waals surface area contributed by atoms with Crippen LogP contribution in [-0.4, -0.2) is 30.8 Å². The fourth-order valence-electron chi connectivity index (χ4n) is 3.73. The summed E-state index contributed by atoms with van der Waals surface area (Å²) in [6.07, 6.45) is 4.12. The largest absolute Gasteiger partial charge is 0.306 e. The van der Waals surface area contributed by atoms with Crippen LogP contribution in [0.15, 0.2) is 48.5 Å². The van der Waals surface area contributed by atoms with Gasteiger partial charge < -0.3 is 4.90 Å². The van der Waals surface area contributed by atoms with Crippen molar-refractivity contribution in [2.24, 2.45) is 5.92 Å². The van der Waals surface area contributed by atoms with E-state index < -0.39 is 0 Å². The molecule has 0 amide bonds. The number of aryl methyl sites for hydroxylation is 1. The van der Waals surface area contributed by atoms with Crippen LogP contribution in [0.5, 0.6) is 0 Å². The highest BCUT2D eigenvalue weighted by atomic mass is 16.1. The first-order chi connectivity index (χ1) is 11.6. The van der Waals surface area contributed by atoms with Gasteiger partial charge in [0, 0.05) is 18.0 Å². The molecule has 0 radical (unpaired) electrons. The van der Waals surface area contributed by atoms with Crippen LogP contribution in [0.2, 0.25) is 0 Å². The van der Waals surface area contributed by atoms with Crippen LogP contribution in [0.3, 0.4) is 0 Å². The molecular weight excluding hydrogens is 294 g/mol. The summed E-state index contributed by atoms with van der Waals surface area (Å²) < 4.78 is 0. The molecule has 3 rings (SSSR count). The van der Waals surface area contributed by atoms with Crippen LogP contribution in [0.1, 0.15) is 39.9 Å². The summed E-state index contributed by atoms with van der Waals surface area (Å²) in [5.41, 5.74) is 4.78. The molecule has 1 aliphatic carbocycles. The first-order valence-electron chi connectivity index (χ1n) is 9.00. The van der Waals surface area contributed by atoms with Gasteiger partial charge in [-0.3, -0.25) is 4.79 Å². The van der Waals surface area contributed by atoms with Gasteiger partial charge in [-0.25, -0.2) is 0 Å². The topological polar surface area (TPSA) is 20.3 Å². The fraction of sp³-hybridized carbons (Fsp3) is 0.409. The van der Waals surface area contributed by atoms with E-state index in [1.165, 1.54) is 11.1 Å². The molecule has 0 saturated heterocycles. The Morgan fingerprint density at radius 3 is 2.58 bits per heavy atom. The summed E-state index contributed by atoms with van der Waals surface area (Å²) in [6, 6.07) is 16.9. The van der Waals surface area contributed by atoms with Gasteiger partial charge >= 0.3 is 0 Å². The zero-order valence-electron chi connectivity index (χ0n) is 14.8. The number of rotatable bonds is 7. The number of hydrogen-bond donors (Lipinski definition) is 0. The molecule has 0 aliphatic heterocycles. The second-order valence-corrected chi connectivity index (χ2v) is 7.06. The van der Waals surface area contributed by atoms with Crippen molar-refractivity contribution in [3.8, 4) is 0 Å². The number of nitrogens with zero attached hydrogens (tertiary/aromatic N) is 1. The first-order valence-corrected chi connectivity index (χ1v) is 9.00. The van der Waals surface area contributed by atoms with E-state index in [1.54, 1.807) is 0 Å². The number of hydrogen-bond acceptors (Lipinski definition) is 2. The molecule has 2 heteroatoms. The number of carbonyl (C=O) groups is 1. The molecule has 0 spiro atoms. The molecule has 2 aromatic carbocycles. The van der Waals surface area contributed by atoms with Gasteiger partial charge in [-0.15, -0.1) is 0 Å². The molecule has 1 aliphatic rings. The minimum Gasteiger partial charge on any atom is -0.306 e. The summed E-state index contributed by atoms with van der Waals surface area (Å²) in [5.74, 6) is 0.568. The van der Waals surface area contributed by atoms with E-state index in [1.807, 2.05) is 0 Å². The second-order valence-electron chi connectivity index (χ2n) is 7.06. The highest BCUT2D eigenvalue weighted by molar-refractivity contribution is 6.03. The Hall–Kier alpha value is -1.93. The summed E-state index contributed by atoms with van der Waals surface area (Å²) in [4.78, 5) is 15.0. The van der Waals surface area contributed by atoms with Crippen molar-refractivity contribution in [2.45, 2.75) is 32.6 Å². The van der Waals surface area contributed by atoms with Crippen LogP contribution >= 0.6 is 0 Å². The monoisotopic (exact) mass is 321 g/mol. The predicted molar refractivity (Wildman–Crippen MR) is 99.6 cm³/mol. The Labute approximate surface area is 145 Å². The van der Waals surface area contributed by atoms with Crippen LogP contribution in [0.25, 0.3) is 0 Å². The molecule has 2 nitrogen and oxygen atoms in total. The Morgan fingerprint density at radius 1 is 1.04 bits per heavy atom. The lowest BCUT2D eigenvalue weighted by Crippen LogP contribution is -2.23. The van der Waals surface area contributed by atoms with Gasteiger partial charge in [0.25, 0.3) is 0 Å². The molecule has 0 fully saturated rings. The van der Waals surface area contributed by atoms with Gasteiger partial charge in [0.1, 0.15) is 0 Å². The summed E-state index contributed by atoms with van der Waals surface area (Å²) >= 11 is 0. The lowest BCUT2D eigenvalue weighted by molar-refractivity contribution is 0.0927. The molecule has 2 aromatic rings. The zero-order chi connectivity index (χ0) is 16.9. The lowest BCUT2D eigenvalue weighted by atomic mass is 9.98. The van der Waals surface area contributed by atoms with Crippen molar-refractivity contribution in [2.75, 3.05) is 20.1 Å². The quantitative estimate of drug-likeness (QED) is 0.757. The Kier molecular flexibility index (Phi) is 5.47. The zero-order valence-corrected chi connectivity index (χ0v) is 14.8. The van der Waals surface area contributed by atoms with Crippen molar-refractivity contribution in [3.05, 3.63) is 70.8 Å². The molecular formula is C22H27NO. The molecule has 1 atom stereocenters. The van der Waals surface area contributed by atoms with E-state index in [9.17, 15) is 4.79 Å². The van der Waals surface area contributed by atoms with Gasteiger partial charge in [-0.05, 0) is 62.9 Å². The average Bonchev–Trinajstić information content (AvgIpc) is 2.91. The smallest absolute Gasteiger partial charge is 0.166 e. The standard InChI is InChI=1S/C22H27NO/c1-17-8-6-11-19-16-20(22(24)21(17)19)12-7-14-23(2)15-13-18-9-4-3-5-10-18/h3-6,8-11,20H,7,12-16H2,1-2H3. The maximum Gasteiger partial charge on any atom is 0.166 e. The van der Waals surface area contributed by atoms with Crippen molar-refractivity contribution < 1.29 is 4.79 Å². The molecule has 0 bridgehead atoms. The molecule has 0 heterocycles. The second kappa shape index (κ2) is 7.76. The van der Waals surface area contributed by atoms with E-state index in [-0.39, 0.29) is 5.92 Å². The number of Topliss-reactive ketones (excluding diaryl/α,β-unsaturated/α-hetero) is 1. The molecule has 0 aromatic heterocycles. The van der Waals surface area contributed by atoms with E-state index in [0.717, 1.165) is 49.9 Å². The van der Waals surface area contributed by atoms with Crippen LogP contribution in [0, 0.1) is 12.8 Å². The molecule has 0 N–H and O–H groups in total. The SMILES string of the molecule is Cc1cccc2c1C(=O)C(CCCN(C)CCc1ccccc1)C2. The third kappa shape index (κ3) is 3.93. The van der Waals surface area contributed by atoms with Gasteiger partial charge in [0.05, 0.1) is 0 Å². The highest BCUT2D eigenvalue weighted by Gasteiger charge is 2.30. The number of carbonyl (C=O) groups excluding carboxylic acids is 1. The lowest BCUT2D eigenvalue weighted by Gasteiger charge is -2.17. The third-order valence-electron chi connectivity index (χ3n) is 5.16. The molecule has 1 unspecified atom stereocenters. The van der Waals surface area contributed by atoms with Crippen molar-refractivity contribution in [1.82, 2.24) is 4.90 Å². The molecule has 126 valence electrons. The number of fused-ring (bicyclic) bond motifs is 1. The third-order valence-corrected chi connectivity index (χ3v) is 5.16. The van der Waals surface area contributed by atoms with Crippen LogP contribution in [-0.2, 0) is 12.8 Å². The Balaban J connectivity index is 1.42. The van der Waals surface area contributed by atoms with Crippen molar-refractivity contribution in [1.29, 1.82) is 0 Å². The van der Waals surface area contributed by atoms with Crippen molar-refractivity contribution >= 4 is 5.78 Å². The van der Waals surface area contributed by atoms with Gasteiger partial charge in [-0.2, -0.15) is 0 Å². The summed E-state index contributed by atoms with van der Waals surface area (Å²) in [7, 11) is 2.18. The van der Waals surface area contributed by atoms with E-state index in [2.05, 4.69) is 67.4 Å². The van der Waals surface area contributed by atoms with Gasteiger partial charge in [-0.1, -0.05) is 48.5 Å². The normalized spacial score (nSPS) is 16.6. The minimum atomic E-state index is 0.198. The molecule has 0 saturated carbocycles. The Bertz CT molecular complexity index is 692. The number of benzene rings is 2. The van der Waals surface area contributed by atoms with E-state index in [4.69, 9.17) is 0 Å². The van der Waals surface area contributed by atoms with Gasteiger partial charge in [0.2, 0.25) is 0 Å². The summed E-state index contributed by atoms with van der Waals surface area (Å²) in [6.45, 7) is 4.18. The van der Waals surface area contributed by atoms with Crippen molar-refractivity contribution in [3.63, 3.8) is 0 Å². The maximum atomic E-state index is 12.6. The van der Waals surface area contributed by atoms with Crippen LogP contribution < -0.4 is 0 Å². The number of likely N-dealkylation sites (N-methyl/N-ethyl adjacent to an activating group) is 1. The average molecular weight is 321 g/mol. The Morgan fingerprint density at radius 2 is 1.83 bits per heavy atom. The molecule has 24 heavy (non-hydrogen) atoms. The minimum absolute atomic E-state index is 0.198. The maximum absolute atomic E-state index is 12.6. The van der Waals surface area contributed by atoms with Crippen LogP contribution in [0.4, 0.5) is 0 Å². The predicted octanol–water partition coefficient (Wildman–Crippen LogP) is 4.30. The fourth-order valence-corrected chi connectivity index (χ4v) is 3.73. The first kappa shape index (κ1) is 16.9. The van der Waals surface area contributed by atoms with E-state index >= 15 is 0 Å². The summed E-state index contributed by atoms with van der Waals surface area (Å²) in [5, 5.41) is 0.